The third-order valence-electron chi connectivity index (χ3n) is 4.60. The Morgan fingerprint density at radius 3 is 2.43 bits per heavy atom. The molecule has 0 radical (unpaired) electrons. The molecule has 1 aliphatic carbocycles. The SMILES string of the molecule is c1ccc2c(c1)oc1cc(NC3CCCCCC3)ccc12. The highest BCUT2D eigenvalue weighted by Gasteiger charge is 2.13. The Kier molecular flexibility index (Phi) is 3.30. The Morgan fingerprint density at radius 2 is 1.57 bits per heavy atom. The first kappa shape index (κ1) is 12.8. The molecule has 1 fully saturated rings. The topological polar surface area (TPSA) is 25.2 Å². The summed E-state index contributed by atoms with van der Waals surface area (Å²) in [5.41, 5.74) is 3.14. The van der Waals surface area contributed by atoms with Crippen molar-refractivity contribution in [2.45, 2.75) is 44.6 Å². The fraction of sp³-hybridized carbons (Fsp3) is 0.368. The minimum Gasteiger partial charge on any atom is -0.456 e. The fourth-order valence-electron chi connectivity index (χ4n) is 3.48. The Balaban J connectivity index is 1.65. The second-order valence-corrected chi connectivity index (χ2v) is 6.14. The molecule has 0 bridgehead atoms. The highest BCUT2D eigenvalue weighted by molar-refractivity contribution is 6.05. The largest absolute Gasteiger partial charge is 0.456 e. The molecular formula is C19H21NO. The molecule has 1 aromatic heterocycles. The van der Waals surface area contributed by atoms with Gasteiger partial charge in [-0.05, 0) is 31.0 Å². The molecule has 3 aromatic rings. The van der Waals surface area contributed by atoms with Gasteiger partial charge in [-0.2, -0.15) is 0 Å². The van der Waals surface area contributed by atoms with E-state index in [0.29, 0.717) is 6.04 Å². The van der Waals surface area contributed by atoms with Crippen molar-refractivity contribution in [3.05, 3.63) is 42.5 Å². The molecule has 2 aromatic carbocycles. The van der Waals surface area contributed by atoms with E-state index in [0.717, 1.165) is 11.2 Å². The molecule has 108 valence electrons. The zero-order valence-electron chi connectivity index (χ0n) is 12.3. The summed E-state index contributed by atoms with van der Waals surface area (Å²) in [5, 5.41) is 6.11. The number of nitrogens with one attached hydrogen (secondary N) is 1. The van der Waals surface area contributed by atoms with Crippen LogP contribution in [0, 0.1) is 0 Å². The van der Waals surface area contributed by atoms with Crippen molar-refractivity contribution >= 4 is 27.6 Å². The number of anilines is 1. The van der Waals surface area contributed by atoms with Crippen molar-refractivity contribution in [3.8, 4) is 0 Å². The van der Waals surface area contributed by atoms with E-state index in [2.05, 4.69) is 35.6 Å². The van der Waals surface area contributed by atoms with E-state index in [-0.39, 0.29) is 0 Å². The van der Waals surface area contributed by atoms with Crippen LogP contribution in [0.4, 0.5) is 5.69 Å². The summed E-state index contributed by atoms with van der Waals surface area (Å²) in [6, 6.07) is 15.4. The average Bonchev–Trinajstić information content (AvgIpc) is 2.67. The summed E-state index contributed by atoms with van der Waals surface area (Å²) in [6.45, 7) is 0. The van der Waals surface area contributed by atoms with Crippen molar-refractivity contribution < 1.29 is 4.42 Å². The van der Waals surface area contributed by atoms with E-state index in [1.807, 2.05) is 12.1 Å². The number of fused-ring (bicyclic) bond motifs is 3. The van der Waals surface area contributed by atoms with Gasteiger partial charge in [0.05, 0.1) is 0 Å². The normalized spacial score (nSPS) is 17.1. The summed E-state index contributed by atoms with van der Waals surface area (Å²) in [5.74, 6) is 0. The highest BCUT2D eigenvalue weighted by atomic mass is 16.3. The molecule has 2 heteroatoms. The molecule has 4 rings (SSSR count). The first-order valence-electron chi connectivity index (χ1n) is 8.08. The van der Waals surface area contributed by atoms with Crippen LogP contribution in [0.25, 0.3) is 21.9 Å². The van der Waals surface area contributed by atoms with E-state index in [9.17, 15) is 0 Å². The van der Waals surface area contributed by atoms with Crippen LogP contribution < -0.4 is 5.32 Å². The van der Waals surface area contributed by atoms with Crippen molar-refractivity contribution in [2.75, 3.05) is 5.32 Å². The summed E-state index contributed by atoms with van der Waals surface area (Å²) < 4.78 is 5.97. The Bertz CT molecular complexity index is 750. The van der Waals surface area contributed by atoms with Gasteiger partial charge >= 0.3 is 0 Å². The van der Waals surface area contributed by atoms with Gasteiger partial charge in [-0.3, -0.25) is 0 Å². The van der Waals surface area contributed by atoms with Gasteiger partial charge in [0.15, 0.2) is 0 Å². The third kappa shape index (κ3) is 2.51. The maximum Gasteiger partial charge on any atom is 0.137 e. The zero-order chi connectivity index (χ0) is 14.1. The maximum atomic E-state index is 5.97. The van der Waals surface area contributed by atoms with Gasteiger partial charge in [-0.25, -0.2) is 0 Å². The monoisotopic (exact) mass is 279 g/mol. The standard InChI is InChI=1S/C19H21NO/c1-2-4-8-14(7-3-1)20-15-11-12-17-16-9-5-6-10-18(16)21-19(17)13-15/h5-6,9-14,20H,1-4,7-8H2. The molecule has 21 heavy (non-hydrogen) atoms. The fourth-order valence-corrected chi connectivity index (χ4v) is 3.48. The van der Waals surface area contributed by atoms with Crippen LogP contribution in [0.3, 0.4) is 0 Å². The molecule has 0 unspecified atom stereocenters. The van der Waals surface area contributed by atoms with E-state index in [4.69, 9.17) is 4.42 Å². The van der Waals surface area contributed by atoms with Crippen molar-refractivity contribution in [1.82, 2.24) is 0 Å². The summed E-state index contributed by atoms with van der Waals surface area (Å²) in [4.78, 5) is 0. The van der Waals surface area contributed by atoms with Crippen molar-refractivity contribution in [3.63, 3.8) is 0 Å². The lowest BCUT2D eigenvalue weighted by atomic mass is 10.1. The van der Waals surface area contributed by atoms with Crippen LogP contribution in [0.2, 0.25) is 0 Å². The number of furan rings is 1. The lowest BCUT2D eigenvalue weighted by Crippen LogP contribution is -2.17. The summed E-state index contributed by atoms with van der Waals surface area (Å²) in [7, 11) is 0. The lowest BCUT2D eigenvalue weighted by Gasteiger charge is -2.17. The molecule has 1 saturated carbocycles. The summed E-state index contributed by atoms with van der Waals surface area (Å²) in [6.07, 6.45) is 8.06. The molecule has 0 saturated heterocycles. The van der Waals surface area contributed by atoms with Crippen LogP contribution in [0.15, 0.2) is 46.9 Å². The van der Waals surface area contributed by atoms with Crippen LogP contribution in [0.5, 0.6) is 0 Å². The van der Waals surface area contributed by atoms with Crippen molar-refractivity contribution in [1.29, 1.82) is 0 Å². The van der Waals surface area contributed by atoms with E-state index < -0.39 is 0 Å². The quantitative estimate of drug-likeness (QED) is 0.607. The van der Waals surface area contributed by atoms with E-state index >= 15 is 0 Å². The highest BCUT2D eigenvalue weighted by Crippen LogP contribution is 2.31. The predicted octanol–water partition coefficient (Wildman–Crippen LogP) is 5.72. The molecule has 1 heterocycles. The maximum absolute atomic E-state index is 5.97. The number of rotatable bonds is 2. The van der Waals surface area contributed by atoms with Gasteiger partial charge in [0.25, 0.3) is 0 Å². The minimum absolute atomic E-state index is 0.620. The zero-order valence-corrected chi connectivity index (χ0v) is 12.3. The van der Waals surface area contributed by atoms with E-state index in [1.54, 1.807) is 0 Å². The second kappa shape index (κ2) is 5.44. The molecule has 1 N–H and O–H groups in total. The number of hydrogen-bond donors (Lipinski definition) is 1. The van der Waals surface area contributed by atoms with Gasteiger partial charge in [0.1, 0.15) is 11.2 Å². The Labute approximate surface area is 125 Å². The van der Waals surface area contributed by atoms with Crippen LogP contribution >= 0.6 is 0 Å². The van der Waals surface area contributed by atoms with Gasteiger partial charge in [0.2, 0.25) is 0 Å². The lowest BCUT2D eigenvalue weighted by molar-refractivity contribution is 0.619. The predicted molar refractivity (Wildman–Crippen MR) is 88.8 cm³/mol. The molecule has 0 aliphatic heterocycles. The smallest absolute Gasteiger partial charge is 0.137 e. The first-order chi connectivity index (χ1) is 10.4. The van der Waals surface area contributed by atoms with Gasteiger partial charge < -0.3 is 9.73 Å². The molecule has 0 atom stereocenters. The molecule has 0 amide bonds. The average molecular weight is 279 g/mol. The van der Waals surface area contributed by atoms with Gasteiger partial charge in [0, 0.05) is 28.6 Å². The molecular weight excluding hydrogens is 258 g/mol. The number of para-hydroxylation sites is 1. The van der Waals surface area contributed by atoms with E-state index in [1.165, 1.54) is 55.0 Å². The van der Waals surface area contributed by atoms with Gasteiger partial charge in [-0.15, -0.1) is 0 Å². The van der Waals surface area contributed by atoms with Crippen LogP contribution in [0.1, 0.15) is 38.5 Å². The number of benzene rings is 2. The Hall–Kier alpha value is -1.96. The molecule has 1 aliphatic rings. The second-order valence-electron chi connectivity index (χ2n) is 6.14. The third-order valence-corrected chi connectivity index (χ3v) is 4.60. The Morgan fingerprint density at radius 1 is 0.810 bits per heavy atom. The molecule has 0 spiro atoms. The van der Waals surface area contributed by atoms with Crippen LogP contribution in [-0.4, -0.2) is 6.04 Å². The van der Waals surface area contributed by atoms with Crippen LogP contribution in [-0.2, 0) is 0 Å². The molecule has 2 nitrogen and oxygen atoms in total. The van der Waals surface area contributed by atoms with Crippen molar-refractivity contribution in [2.24, 2.45) is 0 Å². The summed E-state index contributed by atoms with van der Waals surface area (Å²) >= 11 is 0. The first-order valence-corrected chi connectivity index (χ1v) is 8.08. The number of hydrogen-bond acceptors (Lipinski definition) is 2. The van der Waals surface area contributed by atoms with Gasteiger partial charge in [-0.1, -0.05) is 43.9 Å². The minimum atomic E-state index is 0.620.